The third-order valence-electron chi connectivity index (χ3n) is 2.04. The Morgan fingerprint density at radius 1 is 1.25 bits per heavy atom. The van der Waals surface area contributed by atoms with E-state index in [0.717, 1.165) is 12.1 Å². The average Bonchev–Trinajstić information content (AvgIpc) is 2.20. The highest BCUT2D eigenvalue weighted by molar-refractivity contribution is 6.04. The summed E-state index contributed by atoms with van der Waals surface area (Å²) in [6.45, 7) is 1.45. The molecule has 0 amide bonds. The molecule has 1 aromatic carbocycles. The summed E-state index contributed by atoms with van der Waals surface area (Å²) < 4.78 is 26.5. The fourth-order valence-electron chi connectivity index (χ4n) is 1.14. The molecule has 0 fully saturated rings. The van der Waals surface area contributed by atoms with E-state index in [4.69, 9.17) is 0 Å². The number of carbonyl (C=O) groups is 1. The number of halogens is 2. The van der Waals surface area contributed by atoms with Crippen LogP contribution in [0.4, 0.5) is 8.78 Å². The number of hydrogen-bond acceptors (Lipinski definition) is 2. The fraction of sp³-hybridized carbons (Fsp3) is 0.250. The number of hydrogen-bond donors (Lipinski definition) is 0. The van der Waals surface area contributed by atoms with Crippen molar-refractivity contribution in [2.75, 3.05) is 14.1 Å². The molecule has 1 rings (SSSR count). The zero-order chi connectivity index (χ0) is 12.3. The maximum absolute atomic E-state index is 13.4. The summed E-state index contributed by atoms with van der Waals surface area (Å²) in [7, 11) is 3.46. The Balaban J connectivity index is 3.05. The van der Waals surface area contributed by atoms with Gasteiger partial charge in [-0.25, -0.2) is 8.78 Å². The molecule has 0 N–H and O–H groups in total. The van der Waals surface area contributed by atoms with Crippen LogP contribution in [0.15, 0.2) is 24.4 Å². The van der Waals surface area contributed by atoms with Gasteiger partial charge < -0.3 is 4.90 Å². The molecule has 0 aliphatic heterocycles. The van der Waals surface area contributed by atoms with Crippen molar-refractivity contribution in [3.63, 3.8) is 0 Å². The van der Waals surface area contributed by atoms with Gasteiger partial charge in [-0.3, -0.25) is 4.79 Å². The van der Waals surface area contributed by atoms with Crippen molar-refractivity contribution in [1.82, 2.24) is 4.90 Å². The molecule has 0 saturated heterocycles. The molecule has 0 atom stereocenters. The number of ketones is 1. The molecule has 4 heteroatoms. The van der Waals surface area contributed by atoms with Crippen LogP contribution < -0.4 is 0 Å². The van der Waals surface area contributed by atoms with Gasteiger partial charge in [-0.1, -0.05) is 0 Å². The van der Waals surface area contributed by atoms with Crippen molar-refractivity contribution < 1.29 is 13.6 Å². The lowest BCUT2D eigenvalue weighted by molar-refractivity contribution is 0.104. The molecule has 1 aromatic rings. The highest BCUT2D eigenvalue weighted by Crippen LogP contribution is 2.15. The number of nitrogens with zero attached hydrogens (tertiary/aromatic N) is 1. The Kier molecular flexibility index (Phi) is 3.77. The summed E-state index contributed by atoms with van der Waals surface area (Å²) >= 11 is 0. The van der Waals surface area contributed by atoms with Crippen LogP contribution in [0.25, 0.3) is 0 Å². The number of allylic oxidation sites excluding steroid dienone is 1. The van der Waals surface area contributed by atoms with E-state index in [1.165, 1.54) is 19.2 Å². The summed E-state index contributed by atoms with van der Waals surface area (Å²) in [6.07, 6.45) is 2.69. The SMILES string of the molecule is Cc1cc(F)c(C(=O)C=CN(C)C)cc1F. The van der Waals surface area contributed by atoms with Crippen LogP contribution in [0.3, 0.4) is 0 Å². The average molecular weight is 225 g/mol. The van der Waals surface area contributed by atoms with Crippen molar-refractivity contribution in [2.24, 2.45) is 0 Å². The summed E-state index contributed by atoms with van der Waals surface area (Å²) in [6, 6.07) is 1.94. The van der Waals surface area contributed by atoms with E-state index >= 15 is 0 Å². The summed E-state index contributed by atoms with van der Waals surface area (Å²) in [5, 5.41) is 0. The van der Waals surface area contributed by atoms with E-state index in [1.807, 2.05) is 0 Å². The first-order valence-corrected chi connectivity index (χ1v) is 4.76. The minimum atomic E-state index is -0.702. The number of carbonyl (C=O) groups excluding carboxylic acids is 1. The minimum Gasteiger partial charge on any atom is -0.383 e. The normalized spacial score (nSPS) is 10.8. The number of benzene rings is 1. The molecule has 2 nitrogen and oxygen atoms in total. The van der Waals surface area contributed by atoms with Crippen LogP contribution in [0, 0.1) is 18.6 Å². The van der Waals surface area contributed by atoms with Crippen molar-refractivity contribution in [2.45, 2.75) is 6.92 Å². The van der Waals surface area contributed by atoms with Gasteiger partial charge >= 0.3 is 0 Å². The predicted octanol–water partition coefficient (Wildman–Crippen LogP) is 2.53. The highest BCUT2D eigenvalue weighted by Gasteiger charge is 2.12. The first-order valence-electron chi connectivity index (χ1n) is 4.76. The smallest absolute Gasteiger partial charge is 0.190 e. The zero-order valence-electron chi connectivity index (χ0n) is 9.42. The van der Waals surface area contributed by atoms with Crippen molar-refractivity contribution in [3.8, 4) is 0 Å². The van der Waals surface area contributed by atoms with Gasteiger partial charge in [-0.2, -0.15) is 0 Å². The third-order valence-corrected chi connectivity index (χ3v) is 2.04. The van der Waals surface area contributed by atoms with Crippen molar-refractivity contribution >= 4 is 5.78 Å². The molecule has 0 saturated carbocycles. The van der Waals surface area contributed by atoms with Gasteiger partial charge in [0.15, 0.2) is 5.78 Å². The molecular weight excluding hydrogens is 212 g/mol. The maximum Gasteiger partial charge on any atom is 0.190 e. The number of aryl methyl sites for hydroxylation is 1. The molecule has 0 heterocycles. The molecule has 0 aromatic heterocycles. The van der Waals surface area contributed by atoms with Gasteiger partial charge in [0, 0.05) is 26.4 Å². The van der Waals surface area contributed by atoms with E-state index in [9.17, 15) is 13.6 Å². The topological polar surface area (TPSA) is 20.3 Å². The zero-order valence-corrected chi connectivity index (χ0v) is 9.42. The second-order valence-electron chi connectivity index (χ2n) is 3.72. The first kappa shape index (κ1) is 12.4. The van der Waals surface area contributed by atoms with E-state index < -0.39 is 17.4 Å². The van der Waals surface area contributed by atoms with Crippen LogP contribution in [0.5, 0.6) is 0 Å². The Morgan fingerprint density at radius 3 is 2.44 bits per heavy atom. The first-order chi connectivity index (χ1) is 7.41. The Morgan fingerprint density at radius 2 is 1.88 bits per heavy atom. The Hall–Kier alpha value is -1.71. The second kappa shape index (κ2) is 4.88. The van der Waals surface area contributed by atoms with E-state index in [1.54, 1.807) is 19.0 Å². The largest absolute Gasteiger partial charge is 0.383 e. The molecular formula is C12H13F2NO. The van der Waals surface area contributed by atoms with Gasteiger partial charge in [-0.15, -0.1) is 0 Å². The molecule has 0 aliphatic rings. The monoisotopic (exact) mass is 225 g/mol. The van der Waals surface area contributed by atoms with Gasteiger partial charge in [0.1, 0.15) is 11.6 Å². The van der Waals surface area contributed by atoms with Gasteiger partial charge in [0.25, 0.3) is 0 Å². The van der Waals surface area contributed by atoms with Crippen LogP contribution in [-0.4, -0.2) is 24.8 Å². The summed E-state index contributed by atoms with van der Waals surface area (Å²) in [5.41, 5.74) is -0.0631. The van der Waals surface area contributed by atoms with Gasteiger partial charge in [0.2, 0.25) is 0 Å². The van der Waals surface area contributed by atoms with Crippen molar-refractivity contribution in [1.29, 1.82) is 0 Å². The summed E-state index contributed by atoms with van der Waals surface area (Å²) in [5.74, 6) is -1.83. The summed E-state index contributed by atoms with van der Waals surface area (Å²) in [4.78, 5) is 13.2. The van der Waals surface area contributed by atoms with Gasteiger partial charge in [0.05, 0.1) is 5.56 Å². The van der Waals surface area contributed by atoms with Gasteiger partial charge in [-0.05, 0) is 24.6 Å². The van der Waals surface area contributed by atoms with Crippen LogP contribution in [0.1, 0.15) is 15.9 Å². The quantitative estimate of drug-likeness (QED) is 0.582. The van der Waals surface area contributed by atoms with Crippen molar-refractivity contribution in [3.05, 3.63) is 47.2 Å². The van der Waals surface area contributed by atoms with E-state index in [0.29, 0.717) is 0 Å². The standard InChI is InChI=1S/C12H13F2NO/c1-8-6-11(14)9(7-10(8)13)12(16)4-5-15(2)3/h4-7H,1-3H3. The molecule has 0 radical (unpaired) electrons. The lowest BCUT2D eigenvalue weighted by Crippen LogP contribution is -2.05. The maximum atomic E-state index is 13.4. The van der Waals surface area contributed by atoms with Crippen LogP contribution in [-0.2, 0) is 0 Å². The molecule has 16 heavy (non-hydrogen) atoms. The second-order valence-corrected chi connectivity index (χ2v) is 3.72. The predicted molar refractivity (Wildman–Crippen MR) is 58.3 cm³/mol. The number of rotatable bonds is 3. The molecule has 0 aliphatic carbocycles. The fourth-order valence-corrected chi connectivity index (χ4v) is 1.14. The molecule has 0 bridgehead atoms. The lowest BCUT2D eigenvalue weighted by Gasteiger charge is -2.04. The molecule has 86 valence electrons. The Labute approximate surface area is 93.2 Å². The third kappa shape index (κ3) is 2.89. The Bertz CT molecular complexity index is 439. The highest BCUT2D eigenvalue weighted by atomic mass is 19.1. The molecule has 0 unspecified atom stereocenters. The lowest BCUT2D eigenvalue weighted by atomic mass is 10.1. The van der Waals surface area contributed by atoms with Crippen LogP contribution in [0.2, 0.25) is 0 Å². The minimum absolute atomic E-state index is 0.186. The van der Waals surface area contributed by atoms with E-state index in [2.05, 4.69) is 0 Å². The molecule has 0 spiro atoms. The van der Waals surface area contributed by atoms with E-state index in [-0.39, 0.29) is 11.1 Å². The van der Waals surface area contributed by atoms with Crippen LogP contribution >= 0.6 is 0 Å².